The molecule has 3 rings (SSSR count). The normalized spacial score (nSPS) is 19.8. The van der Waals surface area contributed by atoms with Crippen molar-refractivity contribution in [3.8, 4) is 0 Å². The molecular formula is C21H19F6N3O4. The zero-order chi connectivity index (χ0) is 25.7. The predicted molar refractivity (Wildman–Crippen MR) is 107 cm³/mol. The van der Waals surface area contributed by atoms with Crippen molar-refractivity contribution in [2.75, 3.05) is 13.2 Å². The van der Waals surface area contributed by atoms with E-state index in [2.05, 4.69) is 9.98 Å². The second-order valence-corrected chi connectivity index (χ2v) is 7.29. The summed E-state index contributed by atoms with van der Waals surface area (Å²) in [4.78, 5) is 28.1. The lowest BCUT2D eigenvalue weighted by Crippen LogP contribution is -2.45. The van der Waals surface area contributed by atoms with Crippen LogP contribution >= 0.6 is 0 Å². The maximum atomic E-state index is 14.7. The fourth-order valence-corrected chi connectivity index (χ4v) is 3.26. The zero-order valence-electron chi connectivity index (χ0n) is 17.6. The Balaban J connectivity index is 0.00000129. The maximum absolute atomic E-state index is 14.7. The van der Waals surface area contributed by atoms with Gasteiger partial charge in [-0.1, -0.05) is 6.07 Å². The first-order valence-electron chi connectivity index (χ1n) is 9.48. The molecule has 0 unspecified atom stereocenters. The average molecular weight is 491 g/mol. The standard InChI is InChI=1S/C20H17F6N3O2.CH2O2/c1-18(19(22,23)10-31-9-16(27)29-18)13-7-11(4-5-14(13)21)8-15(30)17-12(20(24,25)26)3-2-6-28-17;2-1-3/h2-7H,8-10H2,1H3,(H2,27,29);1H,(H,2,3)/t18-;/m1./s1. The van der Waals surface area contributed by atoms with Crippen LogP contribution in [0.2, 0.25) is 0 Å². The third-order valence-electron chi connectivity index (χ3n) is 4.91. The van der Waals surface area contributed by atoms with Crippen LogP contribution in [-0.2, 0) is 27.7 Å². The summed E-state index contributed by atoms with van der Waals surface area (Å²) in [6.07, 6.45) is -4.40. The second kappa shape index (κ2) is 10.2. The van der Waals surface area contributed by atoms with Crippen molar-refractivity contribution < 1.29 is 45.8 Å². The van der Waals surface area contributed by atoms with Crippen molar-refractivity contribution in [2.24, 2.45) is 10.7 Å². The number of ether oxygens (including phenoxy) is 1. The molecule has 0 aliphatic carbocycles. The van der Waals surface area contributed by atoms with Crippen molar-refractivity contribution in [1.29, 1.82) is 0 Å². The van der Waals surface area contributed by atoms with Crippen LogP contribution in [0.1, 0.15) is 34.1 Å². The Kier molecular flexibility index (Phi) is 8.03. The monoisotopic (exact) mass is 491 g/mol. The highest BCUT2D eigenvalue weighted by atomic mass is 19.4. The summed E-state index contributed by atoms with van der Waals surface area (Å²) in [5, 5.41) is 6.89. The van der Waals surface area contributed by atoms with Crippen molar-refractivity contribution in [1.82, 2.24) is 4.98 Å². The van der Waals surface area contributed by atoms with Gasteiger partial charge in [-0.25, -0.2) is 13.2 Å². The Hall–Kier alpha value is -3.48. The number of ketones is 1. The molecule has 1 aromatic heterocycles. The number of nitrogens with two attached hydrogens (primary N) is 1. The van der Waals surface area contributed by atoms with Crippen molar-refractivity contribution in [2.45, 2.75) is 31.0 Å². The third kappa shape index (κ3) is 5.71. The molecule has 0 bridgehead atoms. The number of amidine groups is 1. The molecule has 1 atom stereocenters. The van der Waals surface area contributed by atoms with Crippen molar-refractivity contribution in [3.05, 3.63) is 64.7 Å². The maximum Gasteiger partial charge on any atom is 0.418 e. The molecule has 1 aromatic carbocycles. The number of rotatable bonds is 4. The highest BCUT2D eigenvalue weighted by Crippen LogP contribution is 2.43. The highest BCUT2D eigenvalue weighted by Gasteiger charge is 2.54. The van der Waals surface area contributed by atoms with E-state index in [1.807, 2.05) is 0 Å². The van der Waals surface area contributed by atoms with Crippen LogP contribution in [0.15, 0.2) is 41.5 Å². The van der Waals surface area contributed by atoms with Crippen LogP contribution in [0, 0.1) is 5.82 Å². The van der Waals surface area contributed by atoms with E-state index >= 15 is 0 Å². The summed E-state index contributed by atoms with van der Waals surface area (Å²) in [7, 11) is 0. The molecule has 7 nitrogen and oxygen atoms in total. The molecule has 1 aliphatic rings. The topological polar surface area (TPSA) is 115 Å². The molecule has 1 aliphatic heterocycles. The molecule has 184 valence electrons. The van der Waals surface area contributed by atoms with Crippen LogP contribution in [0.3, 0.4) is 0 Å². The molecule has 0 radical (unpaired) electrons. The molecule has 2 heterocycles. The van der Waals surface area contributed by atoms with Gasteiger partial charge in [-0.3, -0.25) is 19.6 Å². The van der Waals surface area contributed by atoms with Crippen LogP contribution in [0.4, 0.5) is 26.3 Å². The van der Waals surface area contributed by atoms with E-state index in [4.69, 9.17) is 20.4 Å². The second-order valence-electron chi connectivity index (χ2n) is 7.29. The smallest absolute Gasteiger partial charge is 0.418 e. The van der Waals surface area contributed by atoms with Gasteiger partial charge in [0.1, 0.15) is 30.6 Å². The molecular weight excluding hydrogens is 472 g/mol. The number of Topliss-reactive ketones (excluding diaryl/α,β-unsaturated/α-hetero) is 1. The number of carbonyl (C=O) groups is 2. The van der Waals surface area contributed by atoms with Gasteiger partial charge in [0.05, 0.1) is 5.56 Å². The Labute approximate surface area is 189 Å². The van der Waals surface area contributed by atoms with Gasteiger partial charge < -0.3 is 15.6 Å². The summed E-state index contributed by atoms with van der Waals surface area (Å²) < 4.78 is 88.3. The Morgan fingerprint density at radius 3 is 2.56 bits per heavy atom. The Bertz CT molecular complexity index is 1090. The number of nitrogens with zero attached hydrogens (tertiary/aromatic N) is 2. The largest absolute Gasteiger partial charge is 0.483 e. The number of alkyl halides is 5. The van der Waals surface area contributed by atoms with E-state index in [1.165, 1.54) is 0 Å². The minimum Gasteiger partial charge on any atom is -0.483 e. The Morgan fingerprint density at radius 2 is 1.94 bits per heavy atom. The van der Waals surface area contributed by atoms with Crippen LogP contribution < -0.4 is 5.73 Å². The van der Waals surface area contributed by atoms with Crippen LogP contribution in [0.25, 0.3) is 0 Å². The fourth-order valence-electron chi connectivity index (χ4n) is 3.26. The van der Waals surface area contributed by atoms with Gasteiger partial charge >= 0.3 is 6.18 Å². The van der Waals surface area contributed by atoms with Gasteiger partial charge in [0, 0.05) is 18.2 Å². The molecule has 13 heteroatoms. The number of hydrogen-bond acceptors (Lipinski definition) is 6. The van der Waals surface area contributed by atoms with E-state index < -0.39 is 59.1 Å². The molecule has 2 aromatic rings. The van der Waals surface area contributed by atoms with Gasteiger partial charge in [-0.15, -0.1) is 0 Å². The fraction of sp³-hybridized carbons (Fsp3) is 0.333. The number of carbonyl (C=O) groups excluding carboxylic acids is 1. The summed E-state index contributed by atoms with van der Waals surface area (Å²) in [6, 6.07) is 4.68. The number of carboxylic acid groups (broad SMARTS) is 1. The average Bonchev–Trinajstić information content (AvgIpc) is 2.84. The molecule has 0 amide bonds. The predicted octanol–water partition coefficient (Wildman–Crippen LogP) is 3.60. The van der Waals surface area contributed by atoms with Gasteiger partial charge in [-0.05, 0) is 36.8 Å². The molecule has 3 N–H and O–H groups in total. The van der Waals surface area contributed by atoms with E-state index in [1.54, 1.807) is 0 Å². The van der Waals surface area contributed by atoms with Gasteiger partial charge in [-0.2, -0.15) is 13.2 Å². The number of aliphatic imine (C=N–C) groups is 1. The summed E-state index contributed by atoms with van der Waals surface area (Å²) in [5.41, 5.74) is 0.534. The van der Waals surface area contributed by atoms with E-state index in [0.29, 0.717) is 6.07 Å². The number of pyridine rings is 1. The van der Waals surface area contributed by atoms with E-state index in [9.17, 15) is 31.1 Å². The summed E-state index contributed by atoms with van der Waals surface area (Å²) in [6.45, 7) is -0.719. The molecule has 0 saturated heterocycles. The quantitative estimate of drug-likeness (QED) is 0.384. The first kappa shape index (κ1) is 26.8. The molecule has 0 saturated carbocycles. The van der Waals surface area contributed by atoms with Gasteiger partial charge in [0.15, 0.2) is 11.3 Å². The van der Waals surface area contributed by atoms with E-state index in [-0.39, 0.29) is 24.5 Å². The van der Waals surface area contributed by atoms with Crippen molar-refractivity contribution in [3.63, 3.8) is 0 Å². The number of hydrogen-bond donors (Lipinski definition) is 2. The van der Waals surface area contributed by atoms with E-state index in [0.717, 1.165) is 37.4 Å². The number of benzene rings is 1. The summed E-state index contributed by atoms with van der Waals surface area (Å²) in [5.74, 6) is -5.97. The molecule has 0 fully saturated rings. The van der Waals surface area contributed by atoms with Gasteiger partial charge in [0.25, 0.3) is 12.4 Å². The lowest BCUT2D eigenvalue weighted by atomic mass is 9.84. The molecule has 0 spiro atoms. The highest BCUT2D eigenvalue weighted by molar-refractivity contribution is 5.97. The van der Waals surface area contributed by atoms with Gasteiger partial charge in [0.2, 0.25) is 0 Å². The van der Waals surface area contributed by atoms with Crippen LogP contribution in [0.5, 0.6) is 0 Å². The summed E-state index contributed by atoms with van der Waals surface area (Å²) >= 11 is 0. The zero-order valence-corrected chi connectivity index (χ0v) is 17.6. The Morgan fingerprint density at radius 1 is 1.29 bits per heavy atom. The molecule has 34 heavy (non-hydrogen) atoms. The number of halogens is 6. The lowest BCUT2D eigenvalue weighted by molar-refractivity contribution is -0.138. The minimum absolute atomic E-state index is 0.0103. The SMILES string of the molecule is C[C@]1(c2cc(CC(=O)c3ncccc3C(F)(F)F)ccc2F)N=C(N)COCC1(F)F.O=CO. The lowest BCUT2D eigenvalue weighted by Gasteiger charge is -2.33. The third-order valence-corrected chi connectivity index (χ3v) is 4.91. The first-order valence-corrected chi connectivity index (χ1v) is 9.48. The minimum atomic E-state index is -4.81. The van der Waals surface area contributed by atoms with Crippen LogP contribution in [-0.4, -0.2) is 47.3 Å². The van der Waals surface area contributed by atoms with Crippen molar-refractivity contribution >= 4 is 18.1 Å². The first-order chi connectivity index (χ1) is 15.8. The number of aromatic nitrogens is 1.